The number of fused-ring (bicyclic) bond motifs is 1. The predicted octanol–water partition coefficient (Wildman–Crippen LogP) is 3.32. The standard InChI is InChI=1S/C19H16ClN3O3/c1-11-2-4-12(5-3-11)19-22-17(23-26-19)10-21-18(24)16-9-13-8-14(20)6-7-15(13)25-16/h2-8,16H,9-10H2,1H3,(H,21,24)/t16-/m0/s1. The van der Waals surface area contributed by atoms with Gasteiger partial charge in [-0.15, -0.1) is 0 Å². The van der Waals surface area contributed by atoms with Crippen LogP contribution in [0.5, 0.6) is 5.75 Å². The normalized spacial score (nSPS) is 15.4. The van der Waals surface area contributed by atoms with E-state index < -0.39 is 6.10 Å². The fourth-order valence-electron chi connectivity index (χ4n) is 2.78. The number of nitrogens with zero attached hydrogens (tertiary/aromatic N) is 2. The maximum atomic E-state index is 12.3. The number of amides is 1. The van der Waals surface area contributed by atoms with Crippen molar-refractivity contribution < 1.29 is 14.1 Å². The zero-order valence-corrected chi connectivity index (χ0v) is 14.8. The Bertz CT molecular complexity index is 953. The molecule has 0 unspecified atom stereocenters. The summed E-state index contributed by atoms with van der Waals surface area (Å²) in [6, 6.07) is 13.1. The van der Waals surface area contributed by atoms with Crippen LogP contribution in [-0.4, -0.2) is 22.2 Å². The van der Waals surface area contributed by atoms with Crippen molar-refractivity contribution in [1.29, 1.82) is 0 Å². The van der Waals surface area contributed by atoms with Gasteiger partial charge in [-0.3, -0.25) is 4.79 Å². The minimum Gasteiger partial charge on any atom is -0.480 e. The van der Waals surface area contributed by atoms with Gasteiger partial charge >= 0.3 is 0 Å². The SMILES string of the molecule is Cc1ccc(-c2nc(CNC(=O)[C@@H]3Cc4cc(Cl)ccc4O3)no2)cc1. The molecule has 0 spiro atoms. The smallest absolute Gasteiger partial charge is 0.261 e. The van der Waals surface area contributed by atoms with Crippen molar-refractivity contribution in [3.63, 3.8) is 0 Å². The number of ether oxygens (including phenoxy) is 1. The first-order valence-electron chi connectivity index (χ1n) is 8.21. The molecule has 1 atom stereocenters. The van der Waals surface area contributed by atoms with Crippen LogP contribution in [0.1, 0.15) is 17.0 Å². The summed E-state index contributed by atoms with van der Waals surface area (Å²) in [5, 5.41) is 7.32. The molecule has 0 aliphatic carbocycles. The lowest BCUT2D eigenvalue weighted by molar-refractivity contribution is -0.127. The second kappa shape index (κ2) is 6.80. The Morgan fingerprint density at radius 2 is 2.08 bits per heavy atom. The maximum Gasteiger partial charge on any atom is 0.261 e. The molecule has 7 heteroatoms. The van der Waals surface area contributed by atoms with E-state index in [1.165, 1.54) is 0 Å². The van der Waals surface area contributed by atoms with Crippen molar-refractivity contribution >= 4 is 17.5 Å². The lowest BCUT2D eigenvalue weighted by Crippen LogP contribution is -2.37. The number of aromatic nitrogens is 2. The number of carbonyl (C=O) groups excluding carboxylic acids is 1. The van der Waals surface area contributed by atoms with Crippen LogP contribution in [0, 0.1) is 6.92 Å². The molecule has 3 aromatic rings. The van der Waals surface area contributed by atoms with Crippen LogP contribution < -0.4 is 10.1 Å². The minimum absolute atomic E-state index is 0.172. The Hall–Kier alpha value is -2.86. The van der Waals surface area contributed by atoms with E-state index in [-0.39, 0.29) is 12.5 Å². The van der Waals surface area contributed by atoms with E-state index in [1.807, 2.05) is 37.3 Å². The molecule has 2 heterocycles. The van der Waals surface area contributed by atoms with Crippen LogP contribution in [0.2, 0.25) is 5.02 Å². The van der Waals surface area contributed by atoms with Crippen LogP contribution in [0.4, 0.5) is 0 Å². The number of aryl methyl sites for hydroxylation is 1. The topological polar surface area (TPSA) is 77.2 Å². The Labute approximate surface area is 155 Å². The summed E-state index contributed by atoms with van der Waals surface area (Å²) in [6.45, 7) is 2.18. The van der Waals surface area contributed by atoms with Gasteiger partial charge in [-0.1, -0.05) is 34.5 Å². The maximum absolute atomic E-state index is 12.3. The summed E-state index contributed by atoms with van der Waals surface area (Å²) in [4.78, 5) is 16.6. The third-order valence-corrected chi connectivity index (χ3v) is 4.41. The minimum atomic E-state index is -0.577. The Kier molecular flexibility index (Phi) is 4.34. The van der Waals surface area contributed by atoms with Gasteiger partial charge in [-0.25, -0.2) is 0 Å². The van der Waals surface area contributed by atoms with Crippen LogP contribution >= 0.6 is 11.6 Å². The number of halogens is 1. The number of benzene rings is 2. The molecule has 2 aromatic carbocycles. The summed E-state index contributed by atoms with van der Waals surface area (Å²) in [5.74, 6) is 1.30. The van der Waals surface area contributed by atoms with Crippen LogP contribution in [0.15, 0.2) is 47.0 Å². The van der Waals surface area contributed by atoms with Crippen molar-refractivity contribution in [3.05, 3.63) is 64.4 Å². The van der Waals surface area contributed by atoms with Gasteiger partial charge in [0.15, 0.2) is 11.9 Å². The molecule has 1 N–H and O–H groups in total. The van der Waals surface area contributed by atoms with Gasteiger partial charge in [-0.2, -0.15) is 4.98 Å². The zero-order valence-electron chi connectivity index (χ0n) is 14.0. The van der Waals surface area contributed by atoms with Gasteiger partial charge < -0.3 is 14.6 Å². The predicted molar refractivity (Wildman–Crippen MR) is 95.9 cm³/mol. The average Bonchev–Trinajstić information content (AvgIpc) is 3.27. The fourth-order valence-corrected chi connectivity index (χ4v) is 2.98. The molecular weight excluding hydrogens is 354 g/mol. The molecule has 1 aromatic heterocycles. The van der Waals surface area contributed by atoms with Crippen LogP contribution in [-0.2, 0) is 17.8 Å². The molecule has 4 rings (SSSR count). The van der Waals surface area contributed by atoms with Crippen molar-refractivity contribution in [3.8, 4) is 17.2 Å². The molecule has 1 aliphatic heterocycles. The molecule has 26 heavy (non-hydrogen) atoms. The molecule has 1 amide bonds. The molecule has 0 fully saturated rings. The van der Waals surface area contributed by atoms with E-state index in [0.29, 0.717) is 28.9 Å². The first-order valence-corrected chi connectivity index (χ1v) is 8.59. The molecule has 0 saturated carbocycles. The molecule has 132 valence electrons. The van der Waals surface area contributed by atoms with Crippen molar-refractivity contribution in [2.24, 2.45) is 0 Å². The monoisotopic (exact) mass is 369 g/mol. The third-order valence-electron chi connectivity index (χ3n) is 4.18. The van der Waals surface area contributed by atoms with E-state index in [9.17, 15) is 4.79 Å². The zero-order chi connectivity index (χ0) is 18.1. The van der Waals surface area contributed by atoms with E-state index in [4.69, 9.17) is 20.9 Å². The second-order valence-electron chi connectivity index (χ2n) is 6.16. The van der Waals surface area contributed by atoms with E-state index in [0.717, 1.165) is 16.7 Å². The first-order chi connectivity index (χ1) is 12.6. The quantitative estimate of drug-likeness (QED) is 0.763. The molecule has 1 aliphatic rings. The summed E-state index contributed by atoms with van der Waals surface area (Å²) in [6.07, 6.45) is -0.0882. The number of hydrogen-bond donors (Lipinski definition) is 1. The first kappa shape index (κ1) is 16.6. The number of nitrogens with one attached hydrogen (secondary N) is 1. The molecule has 0 bridgehead atoms. The summed E-state index contributed by atoms with van der Waals surface area (Å²) < 4.78 is 10.9. The molecular formula is C19H16ClN3O3. The third kappa shape index (κ3) is 3.41. The van der Waals surface area contributed by atoms with Gasteiger partial charge in [0, 0.05) is 17.0 Å². The summed E-state index contributed by atoms with van der Waals surface area (Å²) in [7, 11) is 0. The van der Waals surface area contributed by atoms with Crippen molar-refractivity contribution in [2.75, 3.05) is 0 Å². The van der Waals surface area contributed by atoms with Gasteiger partial charge in [0.05, 0.1) is 6.54 Å². The Morgan fingerprint density at radius 1 is 1.27 bits per heavy atom. The van der Waals surface area contributed by atoms with Crippen molar-refractivity contribution in [1.82, 2.24) is 15.5 Å². The number of rotatable bonds is 4. The van der Waals surface area contributed by atoms with E-state index in [1.54, 1.807) is 12.1 Å². The highest BCUT2D eigenvalue weighted by atomic mass is 35.5. The second-order valence-corrected chi connectivity index (χ2v) is 6.60. The summed E-state index contributed by atoms with van der Waals surface area (Å²) >= 11 is 5.97. The van der Waals surface area contributed by atoms with E-state index >= 15 is 0 Å². The molecule has 0 radical (unpaired) electrons. The highest BCUT2D eigenvalue weighted by Gasteiger charge is 2.29. The van der Waals surface area contributed by atoms with Crippen molar-refractivity contribution in [2.45, 2.75) is 26.0 Å². The molecule has 0 saturated heterocycles. The average molecular weight is 370 g/mol. The highest BCUT2D eigenvalue weighted by molar-refractivity contribution is 6.30. The largest absolute Gasteiger partial charge is 0.480 e. The van der Waals surface area contributed by atoms with Gasteiger partial charge in [0.1, 0.15) is 5.75 Å². The molecule has 6 nitrogen and oxygen atoms in total. The fraction of sp³-hybridized carbons (Fsp3) is 0.211. The van der Waals surface area contributed by atoms with Gasteiger partial charge in [0.25, 0.3) is 11.8 Å². The lowest BCUT2D eigenvalue weighted by atomic mass is 10.1. The lowest BCUT2D eigenvalue weighted by Gasteiger charge is -2.09. The summed E-state index contributed by atoms with van der Waals surface area (Å²) in [5.41, 5.74) is 2.92. The van der Waals surface area contributed by atoms with Crippen LogP contribution in [0.3, 0.4) is 0 Å². The number of hydrogen-bond acceptors (Lipinski definition) is 5. The van der Waals surface area contributed by atoms with Gasteiger partial charge in [0.2, 0.25) is 0 Å². The Balaban J connectivity index is 1.36. The van der Waals surface area contributed by atoms with Crippen LogP contribution in [0.25, 0.3) is 11.5 Å². The van der Waals surface area contributed by atoms with E-state index in [2.05, 4.69) is 15.5 Å². The highest BCUT2D eigenvalue weighted by Crippen LogP contribution is 2.31. The number of carbonyl (C=O) groups is 1. The van der Waals surface area contributed by atoms with Gasteiger partial charge in [-0.05, 0) is 42.8 Å². The Morgan fingerprint density at radius 3 is 2.88 bits per heavy atom.